The first-order valence-corrected chi connectivity index (χ1v) is 8.78. The Bertz CT molecular complexity index is 703. The van der Waals surface area contributed by atoms with E-state index in [9.17, 15) is 4.79 Å². The van der Waals surface area contributed by atoms with Crippen LogP contribution < -0.4 is 10.9 Å². The van der Waals surface area contributed by atoms with E-state index in [-0.39, 0.29) is 5.56 Å². The highest BCUT2D eigenvalue weighted by molar-refractivity contribution is 7.99. The van der Waals surface area contributed by atoms with E-state index in [1.165, 1.54) is 19.3 Å². The standard InChI is InChI=1S/C15H18ClN3OS/c1-21-13-4-2-3-11(13)17-8-14-18-12-7-9(16)5-6-10(12)15(20)19-14/h5-7,11,13,17H,2-4,8H2,1H3,(H,18,19,20). The number of nitrogens with one attached hydrogen (secondary N) is 2. The molecule has 2 atom stereocenters. The van der Waals surface area contributed by atoms with E-state index in [1.54, 1.807) is 18.2 Å². The van der Waals surface area contributed by atoms with Crippen LogP contribution >= 0.6 is 23.4 Å². The van der Waals surface area contributed by atoms with Crippen molar-refractivity contribution in [2.24, 2.45) is 0 Å². The van der Waals surface area contributed by atoms with Gasteiger partial charge in [0.1, 0.15) is 5.82 Å². The molecule has 2 aromatic rings. The molecule has 6 heteroatoms. The molecule has 3 rings (SSSR count). The maximum absolute atomic E-state index is 12.1. The molecule has 4 nitrogen and oxygen atoms in total. The molecular formula is C15H18ClN3OS. The molecule has 0 bridgehead atoms. The van der Waals surface area contributed by atoms with Gasteiger partial charge in [0.2, 0.25) is 0 Å². The second kappa shape index (κ2) is 6.38. The Hall–Kier alpha value is -1.04. The average molecular weight is 324 g/mol. The first-order chi connectivity index (χ1) is 10.2. The highest BCUT2D eigenvalue weighted by atomic mass is 35.5. The summed E-state index contributed by atoms with van der Waals surface area (Å²) in [5.41, 5.74) is 0.539. The number of benzene rings is 1. The number of nitrogens with zero attached hydrogens (tertiary/aromatic N) is 1. The van der Waals surface area contributed by atoms with E-state index in [0.717, 1.165) is 0 Å². The Balaban J connectivity index is 1.79. The van der Waals surface area contributed by atoms with Crippen LogP contribution in [0.5, 0.6) is 0 Å². The van der Waals surface area contributed by atoms with Gasteiger partial charge in [-0.2, -0.15) is 11.8 Å². The normalized spacial score (nSPS) is 22.0. The van der Waals surface area contributed by atoms with Crippen LogP contribution in [0.2, 0.25) is 5.02 Å². The van der Waals surface area contributed by atoms with Gasteiger partial charge in [0.25, 0.3) is 5.56 Å². The van der Waals surface area contributed by atoms with Gasteiger partial charge in [0.05, 0.1) is 17.4 Å². The second-order valence-corrected chi connectivity index (χ2v) is 6.88. The van der Waals surface area contributed by atoms with Crippen molar-refractivity contribution in [1.29, 1.82) is 0 Å². The molecule has 1 aromatic heterocycles. The van der Waals surface area contributed by atoms with Crippen molar-refractivity contribution in [2.45, 2.75) is 37.1 Å². The van der Waals surface area contributed by atoms with Crippen LogP contribution in [-0.4, -0.2) is 27.5 Å². The van der Waals surface area contributed by atoms with Crippen molar-refractivity contribution in [3.63, 3.8) is 0 Å². The fourth-order valence-electron chi connectivity index (χ4n) is 2.91. The van der Waals surface area contributed by atoms with E-state index in [2.05, 4.69) is 21.5 Å². The maximum Gasteiger partial charge on any atom is 0.258 e. The molecule has 2 unspecified atom stereocenters. The van der Waals surface area contributed by atoms with Gasteiger partial charge in [0.15, 0.2) is 0 Å². The minimum Gasteiger partial charge on any atom is -0.309 e. The summed E-state index contributed by atoms with van der Waals surface area (Å²) < 4.78 is 0. The number of hydrogen-bond donors (Lipinski definition) is 2. The van der Waals surface area contributed by atoms with Crippen molar-refractivity contribution < 1.29 is 0 Å². The van der Waals surface area contributed by atoms with Gasteiger partial charge in [-0.15, -0.1) is 0 Å². The van der Waals surface area contributed by atoms with Gasteiger partial charge < -0.3 is 10.3 Å². The van der Waals surface area contributed by atoms with Gasteiger partial charge >= 0.3 is 0 Å². The van der Waals surface area contributed by atoms with Gasteiger partial charge in [-0.3, -0.25) is 4.79 Å². The lowest BCUT2D eigenvalue weighted by Crippen LogP contribution is -2.34. The van der Waals surface area contributed by atoms with Crippen LogP contribution in [0.15, 0.2) is 23.0 Å². The summed E-state index contributed by atoms with van der Waals surface area (Å²) in [7, 11) is 0. The summed E-state index contributed by atoms with van der Waals surface area (Å²) in [4.78, 5) is 19.4. The topological polar surface area (TPSA) is 57.8 Å². The molecule has 0 aliphatic heterocycles. The van der Waals surface area contributed by atoms with Gasteiger partial charge in [-0.05, 0) is 37.3 Å². The fraction of sp³-hybridized carbons (Fsp3) is 0.467. The summed E-state index contributed by atoms with van der Waals surface area (Å²) in [5.74, 6) is 0.668. The number of thioether (sulfide) groups is 1. The van der Waals surface area contributed by atoms with Crippen LogP contribution in [0.4, 0.5) is 0 Å². The lowest BCUT2D eigenvalue weighted by Gasteiger charge is -2.18. The smallest absolute Gasteiger partial charge is 0.258 e. The lowest BCUT2D eigenvalue weighted by atomic mass is 10.2. The summed E-state index contributed by atoms with van der Waals surface area (Å²) in [6.45, 7) is 0.583. The number of aromatic nitrogens is 2. The molecule has 0 saturated heterocycles. The average Bonchev–Trinajstić information content (AvgIpc) is 2.92. The molecule has 0 radical (unpaired) electrons. The van der Waals surface area contributed by atoms with Crippen molar-refractivity contribution >= 4 is 34.3 Å². The van der Waals surface area contributed by atoms with Crippen molar-refractivity contribution in [1.82, 2.24) is 15.3 Å². The number of halogens is 1. The SMILES string of the molecule is CSC1CCCC1NCc1nc2cc(Cl)ccc2c(=O)[nH]1. The van der Waals surface area contributed by atoms with E-state index in [1.807, 2.05) is 11.8 Å². The molecular weight excluding hydrogens is 306 g/mol. The summed E-state index contributed by atoms with van der Waals surface area (Å²) in [5, 5.41) is 5.35. The third-order valence-corrected chi connectivity index (χ3v) is 5.41. The molecule has 21 heavy (non-hydrogen) atoms. The Kier molecular flexibility index (Phi) is 4.52. The highest BCUT2D eigenvalue weighted by Crippen LogP contribution is 2.28. The van der Waals surface area contributed by atoms with Gasteiger partial charge in [0, 0.05) is 16.3 Å². The molecule has 1 saturated carbocycles. The Morgan fingerprint density at radius 1 is 1.48 bits per heavy atom. The van der Waals surface area contributed by atoms with E-state index in [0.29, 0.717) is 39.6 Å². The fourth-order valence-corrected chi connectivity index (χ4v) is 4.04. The summed E-state index contributed by atoms with van der Waals surface area (Å²) in [6, 6.07) is 5.65. The largest absolute Gasteiger partial charge is 0.309 e. The summed E-state index contributed by atoms with van der Waals surface area (Å²) in [6.07, 6.45) is 5.87. The molecule has 1 aliphatic rings. The van der Waals surface area contributed by atoms with E-state index < -0.39 is 0 Å². The zero-order valence-electron chi connectivity index (χ0n) is 11.9. The first kappa shape index (κ1) is 14.9. The first-order valence-electron chi connectivity index (χ1n) is 7.12. The van der Waals surface area contributed by atoms with Crippen LogP contribution in [0.25, 0.3) is 10.9 Å². The molecule has 2 N–H and O–H groups in total. The molecule has 0 amide bonds. The maximum atomic E-state index is 12.1. The van der Waals surface area contributed by atoms with Crippen molar-refractivity contribution in [3.8, 4) is 0 Å². The van der Waals surface area contributed by atoms with Crippen LogP contribution in [0.3, 0.4) is 0 Å². The molecule has 0 spiro atoms. The third-order valence-electron chi connectivity index (χ3n) is 4.00. The van der Waals surface area contributed by atoms with Gasteiger partial charge in [-0.25, -0.2) is 4.98 Å². The monoisotopic (exact) mass is 323 g/mol. The van der Waals surface area contributed by atoms with Gasteiger partial charge in [-0.1, -0.05) is 18.0 Å². The predicted octanol–water partition coefficient (Wildman–Crippen LogP) is 2.95. The number of rotatable bonds is 4. The lowest BCUT2D eigenvalue weighted by molar-refractivity contribution is 0.521. The number of hydrogen-bond acceptors (Lipinski definition) is 4. The summed E-state index contributed by atoms with van der Waals surface area (Å²) >= 11 is 7.88. The van der Waals surface area contributed by atoms with E-state index in [4.69, 9.17) is 11.6 Å². The molecule has 1 fully saturated rings. The zero-order chi connectivity index (χ0) is 14.8. The molecule has 112 valence electrons. The van der Waals surface area contributed by atoms with Crippen LogP contribution in [-0.2, 0) is 6.54 Å². The minimum atomic E-state index is -0.110. The van der Waals surface area contributed by atoms with Crippen molar-refractivity contribution in [3.05, 3.63) is 39.4 Å². The highest BCUT2D eigenvalue weighted by Gasteiger charge is 2.25. The van der Waals surface area contributed by atoms with Crippen molar-refractivity contribution in [2.75, 3.05) is 6.26 Å². The molecule has 1 aliphatic carbocycles. The number of H-pyrrole nitrogens is 1. The van der Waals surface area contributed by atoms with Crippen LogP contribution in [0.1, 0.15) is 25.1 Å². The predicted molar refractivity (Wildman–Crippen MR) is 89.2 cm³/mol. The Morgan fingerprint density at radius 3 is 3.14 bits per heavy atom. The second-order valence-electron chi connectivity index (χ2n) is 5.37. The third kappa shape index (κ3) is 3.25. The molecule has 1 aromatic carbocycles. The van der Waals surface area contributed by atoms with E-state index >= 15 is 0 Å². The number of aromatic amines is 1. The minimum absolute atomic E-state index is 0.110. The Morgan fingerprint density at radius 2 is 2.33 bits per heavy atom. The number of fused-ring (bicyclic) bond motifs is 1. The Labute approximate surface area is 132 Å². The zero-order valence-corrected chi connectivity index (χ0v) is 13.4. The molecule has 1 heterocycles. The van der Waals surface area contributed by atoms with Crippen LogP contribution in [0, 0.1) is 0 Å². The quantitative estimate of drug-likeness (QED) is 0.908.